The Kier molecular flexibility index (Phi) is 4.17. The molecule has 0 bridgehead atoms. The van der Waals surface area contributed by atoms with E-state index in [-0.39, 0.29) is 19.1 Å². The van der Waals surface area contributed by atoms with Crippen molar-refractivity contribution in [2.45, 2.75) is 18.6 Å². The first-order chi connectivity index (χ1) is 8.74. The van der Waals surface area contributed by atoms with Crippen molar-refractivity contribution < 1.29 is 19.4 Å². The molecule has 2 N–H and O–H groups in total. The van der Waals surface area contributed by atoms with Crippen molar-refractivity contribution in [1.82, 2.24) is 5.32 Å². The van der Waals surface area contributed by atoms with Crippen LogP contribution in [0.4, 0.5) is 0 Å². The number of amides is 1. The van der Waals surface area contributed by atoms with Gasteiger partial charge in [0.15, 0.2) is 6.10 Å². The SMILES string of the molecule is COCC(CO)NC(=O)C1Cc2ccccc2O1. The molecule has 18 heavy (non-hydrogen) atoms. The van der Waals surface area contributed by atoms with Gasteiger partial charge in [0.25, 0.3) is 5.91 Å². The molecule has 1 heterocycles. The Morgan fingerprint density at radius 1 is 1.61 bits per heavy atom. The molecule has 1 aliphatic heterocycles. The highest BCUT2D eigenvalue weighted by atomic mass is 16.5. The highest BCUT2D eigenvalue weighted by molar-refractivity contribution is 5.82. The Balaban J connectivity index is 1.92. The van der Waals surface area contributed by atoms with Gasteiger partial charge in [0.2, 0.25) is 0 Å². The molecule has 1 aromatic rings. The molecule has 2 unspecified atom stereocenters. The van der Waals surface area contributed by atoms with E-state index in [4.69, 9.17) is 14.6 Å². The molecule has 0 fully saturated rings. The lowest BCUT2D eigenvalue weighted by Crippen LogP contribution is -2.46. The Labute approximate surface area is 106 Å². The fourth-order valence-corrected chi connectivity index (χ4v) is 1.96. The molecular formula is C13H17NO4. The number of aliphatic hydroxyl groups is 1. The van der Waals surface area contributed by atoms with Gasteiger partial charge in [0.05, 0.1) is 19.3 Å². The molecule has 5 heteroatoms. The molecule has 2 atom stereocenters. The largest absolute Gasteiger partial charge is 0.480 e. The van der Waals surface area contributed by atoms with Crippen LogP contribution in [0.5, 0.6) is 5.75 Å². The maximum absolute atomic E-state index is 12.0. The predicted octanol–water partition coefficient (Wildman–Crippen LogP) is 0.114. The van der Waals surface area contributed by atoms with E-state index in [0.29, 0.717) is 6.42 Å². The van der Waals surface area contributed by atoms with Gasteiger partial charge in [-0.1, -0.05) is 18.2 Å². The van der Waals surface area contributed by atoms with Gasteiger partial charge in [-0.15, -0.1) is 0 Å². The van der Waals surface area contributed by atoms with E-state index < -0.39 is 12.1 Å². The molecule has 0 spiro atoms. The van der Waals surface area contributed by atoms with Crippen LogP contribution in [0.3, 0.4) is 0 Å². The first kappa shape index (κ1) is 12.9. The second-order valence-electron chi connectivity index (χ2n) is 4.26. The third kappa shape index (κ3) is 2.80. The van der Waals surface area contributed by atoms with E-state index in [1.165, 1.54) is 7.11 Å². The fraction of sp³-hybridized carbons (Fsp3) is 0.462. The molecule has 1 aliphatic rings. The summed E-state index contributed by atoms with van der Waals surface area (Å²) >= 11 is 0. The molecule has 1 aromatic carbocycles. The van der Waals surface area contributed by atoms with Crippen LogP contribution in [-0.2, 0) is 16.0 Å². The molecule has 0 radical (unpaired) electrons. The number of hydrogen-bond donors (Lipinski definition) is 2. The van der Waals surface area contributed by atoms with Crippen molar-refractivity contribution in [2.75, 3.05) is 20.3 Å². The van der Waals surface area contributed by atoms with Crippen LogP contribution in [0, 0.1) is 0 Å². The summed E-state index contributed by atoms with van der Waals surface area (Å²) in [6.07, 6.45) is 0.0425. The van der Waals surface area contributed by atoms with Crippen LogP contribution in [0.15, 0.2) is 24.3 Å². The number of benzene rings is 1. The minimum Gasteiger partial charge on any atom is -0.480 e. The quantitative estimate of drug-likeness (QED) is 0.779. The molecule has 1 amide bonds. The summed E-state index contributed by atoms with van der Waals surface area (Å²) in [5, 5.41) is 11.8. The van der Waals surface area contributed by atoms with Crippen molar-refractivity contribution >= 4 is 5.91 Å². The summed E-state index contributed by atoms with van der Waals surface area (Å²) in [5.74, 6) is 0.534. The average Bonchev–Trinajstić information content (AvgIpc) is 2.82. The molecule has 0 saturated carbocycles. The number of methoxy groups -OCH3 is 1. The lowest BCUT2D eigenvalue weighted by Gasteiger charge is -2.18. The van der Waals surface area contributed by atoms with Gasteiger partial charge >= 0.3 is 0 Å². The highest BCUT2D eigenvalue weighted by Gasteiger charge is 2.29. The highest BCUT2D eigenvalue weighted by Crippen LogP contribution is 2.28. The summed E-state index contributed by atoms with van der Waals surface area (Å²) in [5.41, 5.74) is 1.03. The molecule has 98 valence electrons. The third-order valence-electron chi connectivity index (χ3n) is 2.87. The van der Waals surface area contributed by atoms with Gasteiger partial charge in [0, 0.05) is 13.5 Å². The van der Waals surface area contributed by atoms with Crippen molar-refractivity contribution in [1.29, 1.82) is 0 Å². The lowest BCUT2D eigenvalue weighted by atomic mass is 10.1. The number of para-hydroxylation sites is 1. The molecule has 0 aromatic heterocycles. The summed E-state index contributed by atoms with van der Waals surface area (Å²) < 4.78 is 10.5. The molecule has 5 nitrogen and oxygen atoms in total. The van der Waals surface area contributed by atoms with Gasteiger partial charge in [-0.05, 0) is 11.6 Å². The standard InChI is InChI=1S/C13H17NO4/c1-17-8-10(7-15)14-13(16)12-6-9-4-2-3-5-11(9)18-12/h2-5,10,12,15H,6-8H2,1H3,(H,14,16). The average molecular weight is 251 g/mol. The Morgan fingerprint density at radius 2 is 2.39 bits per heavy atom. The second-order valence-corrected chi connectivity index (χ2v) is 4.26. The Hall–Kier alpha value is -1.59. The third-order valence-corrected chi connectivity index (χ3v) is 2.87. The first-order valence-corrected chi connectivity index (χ1v) is 5.89. The van der Waals surface area contributed by atoms with E-state index in [1.807, 2.05) is 24.3 Å². The van der Waals surface area contributed by atoms with E-state index >= 15 is 0 Å². The van der Waals surface area contributed by atoms with Gasteiger partial charge in [0.1, 0.15) is 5.75 Å². The molecule has 2 rings (SSSR count). The zero-order valence-electron chi connectivity index (χ0n) is 10.3. The van der Waals surface area contributed by atoms with Crippen molar-refractivity contribution in [3.63, 3.8) is 0 Å². The topological polar surface area (TPSA) is 67.8 Å². The van der Waals surface area contributed by atoms with Crippen molar-refractivity contribution in [3.05, 3.63) is 29.8 Å². The summed E-state index contributed by atoms with van der Waals surface area (Å²) in [6.45, 7) is 0.126. The van der Waals surface area contributed by atoms with Gasteiger partial charge in [-0.25, -0.2) is 0 Å². The van der Waals surface area contributed by atoms with E-state index in [0.717, 1.165) is 11.3 Å². The van der Waals surface area contributed by atoms with Crippen LogP contribution in [0.2, 0.25) is 0 Å². The number of ether oxygens (including phenoxy) is 2. The van der Waals surface area contributed by atoms with Crippen LogP contribution >= 0.6 is 0 Å². The lowest BCUT2D eigenvalue weighted by molar-refractivity contribution is -0.128. The van der Waals surface area contributed by atoms with Gasteiger partial charge < -0.3 is 19.9 Å². The van der Waals surface area contributed by atoms with Crippen LogP contribution < -0.4 is 10.1 Å². The smallest absolute Gasteiger partial charge is 0.261 e. The van der Waals surface area contributed by atoms with Gasteiger partial charge in [-0.2, -0.15) is 0 Å². The number of hydrogen-bond acceptors (Lipinski definition) is 4. The molecule has 0 saturated heterocycles. The number of nitrogens with one attached hydrogen (secondary N) is 1. The number of rotatable bonds is 5. The normalized spacial score (nSPS) is 18.9. The van der Waals surface area contributed by atoms with E-state index in [9.17, 15) is 4.79 Å². The minimum absolute atomic E-state index is 0.154. The summed E-state index contributed by atoms with van der Waals surface area (Å²) in [6, 6.07) is 7.20. The van der Waals surface area contributed by atoms with E-state index in [1.54, 1.807) is 0 Å². The first-order valence-electron chi connectivity index (χ1n) is 5.89. The molecular weight excluding hydrogens is 234 g/mol. The number of carbonyl (C=O) groups is 1. The number of fused-ring (bicyclic) bond motifs is 1. The van der Waals surface area contributed by atoms with Crippen LogP contribution in [0.25, 0.3) is 0 Å². The van der Waals surface area contributed by atoms with Crippen LogP contribution in [0.1, 0.15) is 5.56 Å². The maximum Gasteiger partial charge on any atom is 0.261 e. The van der Waals surface area contributed by atoms with Crippen LogP contribution in [-0.4, -0.2) is 43.5 Å². The molecule has 0 aliphatic carbocycles. The van der Waals surface area contributed by atoms with Gasteiger partial charge in [-0.3, -0.25) is 4.79 Å². The van der Waals surface area contributed by atoms with Crippen molar-refractivity contribution in [2.24, 2.45) is 0 Å². The predicted molar refractivity (Wildman–Crippen MR) is 65.5 cm³/mol. The van der Waals surface area contributed by atoms with Crippen molar-refractivity contribution in [3.8, 4) is 5.75 Å². The Bertz CT molecular complexity index is 396. The zero-order valence-corrected chi connectivity index (χ0v) is 10.3. The monoisotopic (exact) mass is 251 g/mol. The fourth-order valence-electron chi connectivity index (χ4n) is 1.96. The maximum atomic E-state index is 12.0. The Morgan fingerprint density at radius 3 is 3.06 bits per heavy atom. The second kappa shape index (κ2) is 5.84. The van der Waals surface area contributed by atoms with E-state index in [2.05, 4.69) is 5.32 Å². The summed E-state index contributed by atoms with van der Waals surface area (Å²) in [4.78, 5) is 12.0. The number of aliphatic hydroxyl groups excluding tert-OH is 1. The zero-order chi connectivity index (χ0) is 13.0. The minimum atomic E-state index is -0.520. The summed E-state index contributed by atoms with van der Waals surface area (Å²) in [7, 11) is 1.52. The number of carbonyl (C=O) groups excluding carboxylic acids is 1.